The van der Waals surface area contributed by atoms with Crippen molar-refractivity contribution >= 4 is 29.3 Å². The highest BCUT2D eigenvalue weighted by Gasteiger charge is 2.08. The molecule has 2 rings (SSSR count). The minimum Gasteiger partial charge on any atom is -0.462 e. The molecule has 0 aliphatic carbocycles. The Balaban J connectivity index is 2.03. The molecular formula is C17H17NO3S. The van der Waals surface area contributed by atoms with Crippen LogP contribution in [0.5, 0.6) is 0 Å². The lowest BCUT2D eigenvalue weighted by atomic mass is 10.2. The van der Waals surface area contributed by atoms with Gasteiger partial charge in [0.15, 0.2) is 0 Å². The quantitative estimate of drug-likeness (QED) is 0.673. The number of hydrogen-bond acceptors (Lipinski definition) is 4. The third-order valence-electron chi connectivity index (χ3n) is 3.01. The minimum atomic E-state index is -0.368. The van der Waals surface area contributed by atoms with Gasteiger partial charge in [-0.15, -0.1) is 11.8 Å². The first kappa shape index (κ1) is 16.1. The zero-order chi connectivity index (χ0) is 15.9. The van der Waals surface area contributed by atoms with Gasteiger partial charge in [-0.2, -0.15) is 0 Å². The fraction of sp³-hybridized carbons (Fsp3) is 0.176. The highest BCUT2D eigenvalue weighted by atomic mass is 32.2. The smallest absolute Gasteiger partial charge is 0.338 e. The van der Waals surface area contributed by atoms with Gasteiger partial charge < -0.3 is 10.1 Å². The first-order valence-corrected chi connectivity index (χ1v) is 8.09. The second-order valence-electron chi connectivity index (χ2n) is 4.48. The van der Waals surface area contributed by atoms with Crippen molar-refractivity contribution < 1.29 is 14.3 Å². The number of ether oxygens (including phenoxy) is 1. The van der Waals surface area contributed by atoms with E-state index >= 15 is 0 Å². The maximum atomic E-state index is 12.1. The van der Waals surface area contributed by atoms with Gasteiger partial charge in [-0.1, -0.05) is 0 Å². The van der Waals surface area contributed by atoms with E-state index in [-0.39, 0.29) is 11.9 Å². The summed E-state index contributed by atoms with van der Waals surface area (Å²) < 4.78 is 4.91. The van der Waals surface area contributed by atoms with E-state index in [1.165, 1.54) is 0 Å². The standard InChI is InChI=1S/C17H17NO3S/c1-3-21-17(20)13-4-8-14(9-5-13)18-16(19)12-6-10-15(22-2)11-7-12/h4-11H,3H2,1-2H3,(H,18,19). The summed E-state index contributed by atoms with van der Waals surface area (Å²) in [7, 11) is 0. The maximum Gasteiger partial charge on any atom is 0.338 e. The molecule has 0 aliphatic rings. The van der Waals surface area contributed by atoms with Crippen molar-refractivity contribution in [3.05, 3.63) is 59.7 Å². The lowest BCUT2D eigenvalue weighted by Crippen LogP contribution is -2.12. The fourth-order valence-electron chi connectivity index (χ4n) is 1.85. The zero-order valence-corrected chi connectivity index (χ0v) is 13.3. The summed E-state index contributed by atoms with van der Waals surface area (Å²) >= 11 is 1.63. The predicted octanol–water partition coefficient (Wildman–Crippen LogP) is 3.84. The van der Waals surface area contributed by atoms with Gasteiger partial charge in [0, 0.05) is 16.1 Å². The number of nitrogens with one attached hydrogen (secondary N) is 1. The van der Waals surface area contributed by atoms with Gasteiger partial charge in [0.1, 0.15) is 0 Å². The molecule has 4 nitrogen and oxygen atoms in total. The van der Waals surface area contributed by atoms with Crippen LogP contribution in [-0.2, 0) is 4.74 Å². The highest BCUT2D eigenvalue weighted by Crippen LogP contribution is 2.16. The van der Waals surface area contributed by atoms with Crippen LogP contribution in [0.1, 0.15) is 27.6 Å². The number of thioether (sulfide) groups is 1. The van der Waals surface area contributed by atoms with Crippen molar-refractivity contribution in [2.24, 2.45) is 0 Å². The van der Waals surface area contributed by atoms with Crippen LogP contribution >= 0.6 is 11.8 Å². The third kappa shape index (κ3) is 4.11. The predicted molar refractivity (Wildman–Crippen MR) is 88.6 cm³/mol. The molecule has 0 fully saturated rings. The van der Waals surface area contributed by atoms with Crippen molar-refractivity contribution in [1.82, 2.24) is 0 Å². The molecule has 0 saturated carbocycles. The van der Waals surface area contributed by atoms with Crippen LogP contribution in [0, 0.1) is 0 Å². The summed E-state index contributed by atoms with van der Waals surface area (Å²) in [5, 5.41) is 2.80. The molecule has 2 aromatic rings. The second kappa shape index (κ2) is 7.66. The lowest BCUT2D eigenvalue weighted by molar-refractivity contribution is 0.0526. The molecule has 0 spiro atoms. The van der Waals surface area contributed by atoms with Gasteiger partial charge in [-0.25, -0.2) is 4.79 Å². The van der Waals surface area contributed by atoms with Gasteiger partial charge in [0.05, 0.1) is 12.2 Å². The molecule has 2 aromatic carbocycles. The number of anilines is 1. The number of benzene rings is 2. The first-order chi connectivity index (χ1) is 10.6. The summed E-state index contributed by atoms with van der Waals surface area (Å²) in [6, 6.07) is 14.0. The van der Waals surface area contributed by atoms with Crippen LogP contribution in [-0.4, -0.2) is 24.7 Å². The van der Waals surface area contributed by atoms with E-state index in [0.29, 0.717) is 23.4 Å². The van der Waals surface area contributed by atoms with E-state index in [1.54, 1.807) is 55.1 Å². The first-order valence-electron chi connectivity index (χ1n) is 6.86. The Hall–Kier alpha value is -2.27. The van der Waals surface area contributed by atoms with Crippen LogP contribution in [0.4, 0.5) is 5.69 Å². The van der Waals surface area contributed by atoms with Crippen molar-refractivity contribution in [3.8, 4) is 0 Å². The van der Waals surface area contributed by atoms with Gasteiger partial charge in [-0.3, -0.25) is 4.79 Å². The normalized spacial score (nSPS) is 10.1. The lowest BCUT2D eigenvalue weighted by Gasteiger charge is -2.07. The Kier molecular flexibility index (Phi) is 5.61. The summed E-state index contributed by atoms with van der Waals surface area (Å²) in [5.41, 5.74) is 1.68. The highest BCUT2D eigenvalue weighted by molar-refractivity contribution is 7.98. The van der Waals surface area contributed by atoms with Crippen LogP contribution < -0.4 is 5.32 Å². The average molecular weight is 315 g/mol. The Morgan fingerprint density at radius 2 is 1.59 bits per heavy atom. The Bertz CT molecular complexity index is 651. The molecule has 1 amide bonds. The van der Waals surface area contributed by atoms with E-state index in [2.05, 4.69) is 5.32 Å². The topological polar surface area (TPSA) is 55.4 Å². The number of rotatable bonds is 5. The van der Waals surface area contributed by atoms with Crippen LogP contribution in [0.2, 0.25) is 0 Å². The summed E-state index contributed by atoms with van der Waals surface area (Å²) in [6.45, 7) is 2.10. The maximum absolute atomic E-state index is 12.1. The van der Waals surface area contributed by atoms with E-state index in [9.17, 15) is 9.59 Å². The van der Waals surface area contributed by atoms with Crippen molar-refractivity contribution in [1.29, 1.82) is 0 Å². The molecule has 0 heterocycles. The summed E-state index contributed by atoms with van der Waals surface area (Å²) in [6.07, 6.45) is 1.99. The molecule has 0 bridgehead atoms. The summed E-state index contributed by atoms with van der Waals surface area (Å²) in [4.78, 5) is 24.8. The molecule has 5 heteroatoms. The van der Waals surface area contributed by atoms with Gasteiger partial charge >= 0.3 is 5.97 Å². The largest absolute Gasteiger partial charge is 0.462 e. The molecule has 0 aromatic heterocycles. The Morgan fingerprint density at radius 3 is 2.14 bits per heavy atom. The molecule has 1 N–H and O–H groups in total. The van der Waals surface area contributed by atoms with E-state index in [4.69, 9.17) is 4.74 Å². The monoisotopic (exact) mass is 315 g/mol. The third-order valence-corrected chi connectivity index (χ3v) is 3.75. The van der Waals surface area contributed by atoms with Gasteiger partial charge in [0.2, 0.25) is 0 Å². The van der Waals surface area contributed by atoms with E-state index in [0.717, 1.165) is 4.90 Å². The van der Waals surface area contributed by atoms with Crippen molar-refractivity contribution in [2.45, 2.75) is 11.8 Å². The molecule has 0 unspecified atom stereocenters. The molecule has 0 aliphatic heterocycles. The second-order valence-corrected chi connectivity index (χ2v) is 5.36. The SMILES string of the molecule is CCOC(=O)c1ccc(NC(=O)c2ccc(SC)cc2)cc1. The van der Waals surface area contributed by atoms with E-state index in [1.807, 2.05) is 18.4 Å². The molecule has 0 saturated heterocycles. The van der Waals surface area contributed by atoms with E-state index < -0.39 is 0 Å². The van der Waals surface area contributed by atoms with Crippen LogP contribution in [0.15, 0.2) is 53.4 Å². The number of amides is 1. The Labute approximate surface area is 133 Å². The van der Waals surface area contributed by atoms with Crippen molar-refractivity contribution in [2.75, 3.05) is 18.2 Å². The molecule has 114 valence electrons. The Morgan fingerprint density at radius 1 is 1.00 bits per heavy atom. The fourth-order valence-corrected chi connectivity index (χ4v) is 2.26. The van der Waals surface area contributed by atoms with Gasteiger partial charge in [0.25, 0.3) is 5.91 Å². The van der Waals surface area contributed by atoms with Crippen molar-refractivity contribution in [3.63, 3.8) is 0 Å². The minimum absolute atomic E-state index is 0.184. The number of carbonyl (C=O) groups excluding carboxylic acids is 2. The molecule has 0 atom stereocenters. The van der Waals surface area contributed by atoms with Crippen LogP contribution in [0.25, 0.3) is 0 Å². The zero-order valence-electron chi connectivity index (χ0n) is 12.5. The number of esters is 1. The van der Waals surface area contributed by atoms with Crippen LogP contribution in [0.3, 0.4) is 0 Å². The summed E-state index contributed by atoms with van der Waals surface area (Å²) in [5.74, 6) is -0.551. The average Bonchev–Trinajstić information content (AvgIpc) is 2.55. The number of hydrogen-bond donors (Lipinski definition) is 1. The molecular weight excluding hydrogens is 298 g/mol. The van der Waals surface area contributed by atoms with Gasteiger partial charge in [-0.05, 0) is 61.7 Å². The molecule has 0 radical (unpaired) electrons. The number of carbonyl (C=O) groups is 2. The molecule has 22 heavy (non-hydrogen) atoms.